The Morgan fingerprint density at radius 3 is 1.21 bits per heavy atom. The highest BCUT2D eigenvalue weighted by Crippen LogP contribution is 2.50. The topological polar surface area (TPSA) is 86.2 Å². The maximum absolute atomic E-state index is 11.1. The van der Waals surface area contributed by atoms with E-state index in [0.717, 1.165) is 72.3 Å². The summed E-state index contributed by atoms with van der Waals surface area (Å²) in [7, 11) is 0. The zero-order valence-electron chi connectivity index (χ0n) is 36.6. The number of benzene rings is 10. The molecule has 0 atom stereocenters. The van der Waals surface area contributed by atoms with Crippen molar-refractivity contribution in [2.24, 2.45) is 0 Å². The fraction of sp³-hybridized carbons (Fsp3) is 0. The molecule has 0 saturated carbocycles. The van der Waals surface area contributed by atoms with Crippen molar-refractivity contribution in [3.8, 4) is 124 Å². The van der Waals surface area contributed by atoms with Gasteiger partial charge < -0.3 is 0 Å². The van der Waals surface area contributed by atoms with Gasteiger partial charge >= 0.3 is 0 Å². The molecule has 0 unspecified atom stereocenters. The molecule has 314 valence electrons. The summed E-state index contributed by atoms with van der Waals surface area (Å²) in [5, 5.41) is 22.8. The zero-order chi connectivity index (χ0) is 45.6. The molecular formula is C63H37N5. The van der Waals surface area contributed by atoms with Crippen LogP contribution in [0.5, 0.6) is 0 Å². The number of rotatable bonds is 8. The van der Waals surface area contributed by atoms with E-state index in [4.69, 9.17) is 15.0 Å². The maximum Gasteiger partial charge on any atom is 0.164 e. The normalized spacial score (nSPS) is 11.2. The summed E-state index contributed by atoms with van der Waals surface area (Å²) in [5.74, 6) is 1.72. The first-order valence-corrected chi connectivity index (χ1v) is 22.5. The first-order valence-electron chi connectivity index (χ1n) is 22.5. The second-order valence-electron chi connectivity index (χ2n) is 16.9. The third-order valence-corrected chi connectivity index (χ3v) is 13.0. The van der Waals surface area contributed by atoms with Gasteiger partial charge in [-0.3, -0.25) is 0 Å². The van der Waals surface area contributed by atoms with Gasteiger partial charge in [-0.25, -0.2) is 15.0 Å². The molecule has 1 aromatic heterocycles. The highest BCUT2D eigenvalue weighted by molar-refractivity contribution is 6.16. The second-order valence-corrected chi connectivity index (χ2v) is 16.9. The Kier molecular flexibility index (Phi) is 9.87. The highest BCUT2D eigenvalue weighted by Gasteiger charge is 2.24. The van der Waals surface area contributed by atoms with Crippen LogP contribution in [-0.2, 0) is 0 Å². The predicted octanol–water partition coefficient (Wildman–Crippen LogP) is 15.8. The largest absolute Gasteiger partial charge is 0.208 e. The van der Waals surface area contributed by atoms with Crippen molar-refractivity contribution in [1.82, 2.24) is 15.0 Å². The minimum Gasteiger partial charge on any atom is -0.208 e. The van der Waals surface area contributed by atoms with Crippen molar-refractivity contribution in [3.05, 3.63) is 236 Å². The van der Waals surface area contributed by atoms with Crippen LogP contribution in [0.15, 0.2) is 224 Å². The molecule has 0 fully saturated rings. The van der Waals surface area contributed by atoms with E-state index in [-0.39, 0.29) is 0 Å². The first-order chi connectivity index (χ1) is 33.6. The number of hydrogen-bond acceptors (Lipinski definition) is 5. The van der Waals surface area contributed by atoms with E-state index < -0.39 is 0 Å². The predicted molar refractivity (Wildman–Crippen MR) is 275 cm³/mol. The van der Waals surface area contributed by atoms with Gasteiger partial charge in [0.05, 0.1) is 17.2 Å². The molecular weight excluding hydrogens is 827 g/mol. The van der Waals surface area contributed by atoms with Gasteiger partial charge in [-0.05, 0) is 102 Å². The summed E-state index contributed by atoms with van der Waals surface area (Å²) in [6, 6.07) is 81.6. The lowest BCUT2D eigenvalue weighted by Gasteiger charge is -2.17. The maximum atomic E-state index is 11.1. The molecule has 0 N–H and O–H groups in total. The van der Waals surface area contributed by atoms with E-state index in [0.29, 0.717) is 28.6 Å². The van der Waals surface area contributed by atoms with E-state index in [1.165, 1.54) is 33.0 Å². The molecule has 10 aromatic carbocycles. The standard InChI is InChI=1S/C63H37N5/c64-38-40-24-26-41(27-25-40)42-28-32-45(33-29-42)62-66-61(44-12-2-1-3-13-44)67-63(68-62)46-34-30-43(31-35-46)49-15-4-6-17-51(49)55-21-11-22-56(59(55)39-65)52-18-7-5-16-50(52)48-36-47-14-10-23-57-53-19-8-9-20-54(53)58(37-48)60(47)57/h1-37H. The SMILES string of the molecule is N#Cc1ccc(-c2ccc(-c3nc(-c4ccccc4)nc(-c4ccc(-c5ccccc5-c5cccc(-c6ccccc6-c6cc7c8c(cccc8c6)-c6ccccc6-7)c5C#N)cc4)n3)cc2)cc1. The molecule has 0 bridgehead atoms. The Balaban J connectivity index is 0.904. The molecule has 5 heteroatoms. The van der Waals surface area contributed by atoms with E-state index in [1.54, 1.807) is 0 Å². The number of hydrogen-bond donors (Lipinski definition) is 0. The summed E-state index contributed by atoms with van der Waals surface area (Å²) in [4.78, 5) is 15.0. The van der Waals surface area contributed by atoms with Gasteiger partial charge in [0, 0.05) is 27.8 Å². The lowest BCUT2D eigenvalue weighted by molar-refractivity contribution is 1.07. The molecule has 1 aliphatic carbocycles. The van der Waals surface area contributed by atoms with Gasteiger partial charge in [0.2, 0.25) is 0 Å². The van der Waals surface area contributed by atoms with Crippen molar-refractivity contribution in [2.75, 3.05) is 0 Å². The summed E-state index contributed by atoms with van der Waals surface area (Å²) in [6.07, 6.45) is 0. The van der Waals surface area contributed by atoms with Gasteiger partial charge in [0.1, 0.15) is 6.07 Å². The van der Waals surface area contributed by atoms with Gasteiger partial charge in [-0.2, -0.15) is 10.5 Å². The fourth-order valence-corrected chi connectivity index (χ4v) is 9.73. The van der Waals surface area contributed by atoms with Crippen molar-refractivity contribution in [1.29, 1.82) is 10.5 Å². The minimum atomic E-state index is 0.563. The van der Waals surface area contributed by atoms with E-state index in [9.17, 15) is 10.5 Å². The van der Waals surface area contributed by atoms with Crippen molar-refractivity contribution in [2.45, 2.75) is 0 Å². The Morgan fingerprint density at radius 1 is 0.265 bits per heavy atom. The second kappa shape index (κ2) is 16.8. The van der Waals surface area contributed by atoms with E-state index in [2.05, 4.69) is 158 Å². The molecule has 0 radical (unpaired) electrons. The Morgan fingerprint density at radius 2 is 0.662 bits per heavy atom. The smallest absolute Gasteiger partial charge is 0.164 e. The molecule has 1 heterocycles. The van der Waals surface area contributed by atoms with Gasteiger partial charge in [-0.15, -0.1) is 0 Å². The van der Waals surface area contributed by atoms with Crippen LogP contribution < -0.4 is 0 Å². The molecule has 5 nitrogen and oxygen atoms in total. The summed E-state index contributed by atoms with van der Waals surface area (Å²) < 4.78 is 0. The van der Waals surface area contributed by atoms with Crippen molar-refractivity contribution >= 4 is 10.8 Å². The van der Waals surface area contributed by atoms with Crippen molar-refractivity contribution < 1.29 is 0 Å². The lowest BCUT2D eigenvalue weighted by Crippen LogP contribution is -2.00. The van der Waals surface area contributed by atoms with Gasteiger partial charge in [-0.1, -0.05) is 200 Å². The van der Waals surface area contributed by atoms with Gasteiger partial charge in [0.15, 0.2) is 17.5 Å². The lowest BCUT2D eigenvalue weighted by atomic mass is 9.85. The van der Waals surface area contributed by atoms with Gasteiger partial charge in [0.25, 0.3) is 0 Å². The van der Waals surface area contributed by atoms with Crippen LogP contribution in [0.4, 0.5) is 0 Å². The molecule has 0 aliphatic heterocycles. The average molecular weight is 864 g/mol. The number of fused-ring (bicyclic) bond motifs is 3. The van der Waals surface area contributed by atoms with Crippen LogP contribution in [-0.4, -0.2) is 15.0 Å². The van der Waals surface area contributed by atoms with Crippen LogP contribution in [0.2, 0.25) is 0 Å². The summed E-state index contributed by atoms with van der Waals surface area (Å²) >= 11 is 0. The van der Waals surface area contributed by atoms with E-state index >= 15 is 0 Å². The Hall–Kier alpha value is -9.55. The molecule has 0 spiro atoms. The fourth-order valence-electron chi connectivity index (χ4n) is 9.73. The van der Waals surface area contributed by atoms with Crippen LogP contribution in [0.1, 0.15) is 11.1 Å². The average Bonchev–Trinajstić information content (AvgIpc) is 3.75. The van der Waals surface area contributed by atoms with Crippen LogP contribution >= 0.6 is 0 Å². The summed E-state index contributed by atoms with van der Waals surface area (Å²) in [6.45, 7) is 0. The van der Waals surface area contributed by atoms with E-state index in [1.807, 2.05) is 78.9 Å². The highest BCUT2D eigenvalue weighted by atomic mass is 15.0. The monoisotopic (exact) mass is 863 g/mol. The Labute approximate surface area is 394 Å². The zero-order valence-corrected chi connectivity index (χ0v) is 36.6. The Bertz CT molecular complexity index is 3840. The van der Waals surface area contributed by atoms with Crippen LogP contribution in [0, 0.1) is 22.7 Å². The molecule has 1 aliphatic rings. The van der Waals surface area contributed by atoms with Crippen molar-refractivity contribution in [3.63, 3.8) is 0 Å². The third kappa shape index (κ3) is 7.00. The molecule has 0 saturated heterocycles. The molecule has 11 aromatic rings. The molecule has 12 rings (SSSR count). The first kappa shape index (κ1) is 40.0. The number of nitrogens with zero attached hydrogens (tertiary/aromatic N) is 5. The quantitative estimate of drug-likeness (QED) is 0.152. The van der Waals surface area contributed by atoms with Crippen LogP contribution in [0.25, 0.3) is 123 Å². The minimum absolute atomic E-state index is 0.563. The molecule has 0 amide bonds. The van der Waals surface area contributed by atoms with Crippen LogP contribution in [0.3, 0.4) is 0 Å². The molecule has 68 heavy (non-hydrogen) atoms. The third-order valence-electron chi connectivity index (χ3n) is 13.0. The number of aromatic nitrogens is 3. The summed E-state index contributed by atoms with van der Waals surface area (Å²) in [5.41, 5.74) is 18.9. The number of nitriles is 2.